The second-order valence-corrected chi connectivity index (χ2v) is 30.2. The molecular formula is C84H162. The Labute approximate surface area is 535 Å². The van der Waals surface area contributed by atoms with Crippen LogP contribution in [0.4, 0.5) is 0 Å². The second-order valence-electron chi connectivity index (χ2n) is 30.2. The van der Waals surface area contributed by atoms with Crippen molar-refractivity contribution in [1.29, 1.82) is 0 Å². The fraction of sp³-hybridized carbons (Fsp3) is 0.810. The topological polar surface area (TPSA) is 0 Å². The SMILES string of the molecule is C.C.C.C.C.C.C=C(C)C(C)C.CC(C)CC1=Cc2ccccc2C1.CC(C)CC1CC2CCC1C2.CC(C)CC1CCCCC1.CC(C)CC1CCCCC1.CC(C)CC1CCCCC1.CC(C)CC1Cc2ccccc2C1.CCC(C)C. The molecule has 0 saturated heterocycles. The van der Waals surface area contributed by atoms with Crippen molar-refractivity contribution in [2.45, 2.75) is 355 Å². The fourth-order valence-electron chi connectivity index (χ4n) is 14.0. The maximum Gasteiger partial charge on any atom is -0.00577 e. The molecule has 0 radical (unpaired) electrons. The lowest BCUT2D eigenvalue weighted by molar-refractivity contribution is 0.283. The maximum absolute atomic E-state index is 3.75. The first kappa shape index (κ1) is 90.7. The smallest absolute Gasteiger partial charge is 0.00577 e. The van der Waals surface area contributed by atoms with E-state index in [2.05, 4.69) is 179 Å². The number of benzene rings is 2. The van der Waals surface area contributed by atoms with Gasteiger partial charge >= 0.3 is 0 Å². The standard InChI is InChI=1S/C13H18.C13H16.C11H20.3C10H20.C6H12.C5H12.6CH4/c2*1-10(2)7-11-8-12-5-3-4-6-13(12)9-11;1-8(2)5-11-7-9-3-4-10(11)6-9;3*1-9(2)8-10-6-4-3-5-7-10;1-5(2)6(3)4;1-4-5(2)3;;;;;;/h3-6,10-11H,7-9H2,1-2H3;3-6,8,10H,7,9H2,1-2H3;8-11H,3-7H2,1-2H3;3*9-10H,3-8H2,1-2H3;6H,1H2,2-4H3;5H,4H2,1-3H3;6*1H4. The van der Waals surface area contributed by atoms with Crippen molar-refractivity contribution >= 4 is 6.08 Å². The molecule has 3 atom stereocenters. The van der Waals surface area contributed by atoms with E-state index in [-0.39, 0.29) is 44.6 Å². The molecule has 7 aliphatic rings. The molecule has 498 valence electrons. The van der Waals surface area contributed by atoms with Gasteiger partial charge in [-0.25, -0.2) is 0 Å². The van der Waals surface area contributed by atoms with Gasteiger partial charge in [0.2, 0.25) is 0 Å². The molecule has 5 saturated carbocycles. The molecule has 0 N–H and O–H groups in total. The molecule has 0 aromatic heterocycles. The zero-order chi connectivity index (χ0) is 58.0. The van der Waals surface area contributed by atoms with Crippen molar-refractivity contribution < 1.29 is 0 Å². The van der Waals surface area contributed by atoms with Gasteiger partial charge in [-0.05, 0) is 195 Å². The van der Waals surface area contributed by atoms with E-state index in [4.69, 9.17) is 0 Å². The minimum absolute atomic E-state index is 0. The highest BCUT2D eigenvalue weighted by atomic mass is 14.4. The van der Waals surface area contributed by atoms with Gasteiger partial charge in [0.15, 0.2) is 0 Å². The Bertz CT molecular complexity index is 1680. The maximum atomic E-state index is 3.75. The van der Waals surface area contributed by atoms with Crippen LogP contribution in [0, 0.1) is 88.8 Å². The molecule has 2 aromatic rings. The quantitative estimate of drug-likeness (QED) is 0.165. The average molecular weight is 1170 g/mol. The first-order valence-electron chi connectivity index (χ1n) is 34.5. The molecule has 3 unspecified atom stereocenters. The highest BCUT2D eigenvalue weighted by Crippen LogP contribution is 2.50. The number of allylic oxidation sites excluding steroid dienone is 2. The Hall–Kier alpha value is -2.08. The van der Waals surface area contributed by atoms with Crippen LogP contribution in [0.2, 0.25) is 0 Å². The van der Waals surface area contributed by atoms with Crippen LogP contribution in [0.5, 0.6) is 0 Å². The first-order valence-corrected chi connectivity index (χ1v) is 34.5. The van der Waals surface area contributed by atoms with E-state index < -0.39 is 0 Å². The summed E-state index contributed by atoms with van der Waals surface area (Å²) in [6.07, 6.45) is 44.8. The van der Waals surface area contributed by atoms with Crippen LogP contribution in [0.1, 0.15) is 358 Å². The summed E-state index contributed by atoms with van der Waals surface area (Å²) in [7, 11) is 0. The van der Waals surface area contributed by atoms with E-state index in [0.717, 1.165) is 82.9 Å². The van der Waals surface area contributed by atoms with Gasteiger partial charge in [0.25, 0.3) is 0 Å². The van der Waals surface area contributed by atoms with Gasteiger partial charge in [-0.3, -0.25) is 0 Å². The fourth-order valence-corrected chi connectivity index (χ4v) is 14.0. The van der Waals surface area contributed by atoms with Crippen molar-refractivity contribution in [2.24, 2.45) is 88.8 Å². The largest absolute Gasteiger partial charge is 0.0999 e. The predicted molar refractivity (Wildman–Crippen MR) is 396 cm³/mol. The third kappa shape index (κ3) is 43.5. The summed E-state index contributed by atoms with van der Waals surface area (Å²) in [5.41, 5.74) is 8.96. The van der Waals surface area contributed by atoms with E-state index in [0.29, 0.717) is 5.92 Å². The lowest BCUT2D eigenvalue weighted by atomic mass is 9.83. The number of hydrogen-bond acceptors (Lipinski definition) is 0. The van der Waals surface area contributed by atoms with Crippen LogP contribution in [0.25, 0.3) is 6.08 Å². The van der Waals surface area contributed by atoms with Crippen molar-refractivity contribution in [2.75, 3.05) is 0 Å². The lowest BCUT2D eigenvalue weighted by Crippen LogP contribution is -2.12. The third-order valence-electron chi connectivity index (χ3n) is 18.5. The van der Waals surface area contributed by atoms with E-state index in [1.807, 2.05) is 6.92 Å². The van der Waals surface area contributed by atoms with Crippen LogP contribution in [-0.2, 0) is 19.3 Å². The summed E-state index contributed by atoms with van der Waals surface area (Å²) < 4.78 is 0. The number of fused-ring (bicyclic) bond motifs is 4. The summed E-state index contributed by atoms with van der Waals surface area (Å²) in [5, 5.41) is 0. The minimum Gasteiger partial charge on any atom is -0.0999 e. The van der Waals surface area contributed by atoms with Crippen molar-refractivity contribution in [3.8, 4) is 0 Å². The van der Waals surface area contributed by atoms with Crippen LogP contribution >= 0.6 is 0 Å². The minimum atomic E-state index is 0. The monoisotopic (exact) mass is 1170 g/mol. The van der Waals surface area contributed by atoms with E-state index >= 15 is 0 Å². The summed E-state index contributed by atoms with van der Waals surface area (Å²) in [5.74, 6) is 14.4. The normalized spacial score (nSPS) is 19.4. The molecule has 0 heterocycles. The Kier molecular flexibility index (Phi) is 57.0. The van der Waals surface area contributed by atoms with Crippen molar-refractivity contribution in [3.63, 3.8) is 0 Å². The molecule has 84 heavy (non-hydrogen) atoms. The Morgan fingerprint density at radius 2 is 0.762 bits per heavy atom. The molecule has 2 bridgehead atoms. The molecule has 0 nitrogen and oxygen atoms in total. The van der Waals surface area contributed by atoms with Crippen LogP contribution in [-0.4, -0.2) is 0 Å². The third-order valence-corrected chi connectivity index (χ3v) is 18.5. The van der Waals surface area contributed by atoms with Crippen molar-refractivity contribution in [1.82, 2.24) is 0 Å². The summed E-state index contributed by atoms with van der Waals surface area (Å²) in [6.45, 7) is 44.7. The predicted octanol–water partition coefficient (Wildman–Crippen LogP) is 29.5. The van der Waals surface area contributed by atoms with Gasteiger partial charge in [-0.15, -0.1) is 0 Å². The Balaban J connectivity index is -0.000000284. The molecule has 7 aliphatic carbocycles. The summed E-state index contributed by atoms with van der Waals surface area (Å²) in [6, 6.07) is 17.6. The van der Waals surface area contributed by atoms with Gasteiger partial charge in [0, 0.05) is 0 Å². The van der Waals surface area contributed by atoms with Crippen molar-refractivity contribution in [3.05, 3.63) is 88.5 Å². The first-order chi connectivity index (χ1) is 37.0. The molecule has 0 amide bonds. The van der Waals surface area contributed by atoms with Gasteiger partial charge in [0.05, 0.1) is 0 Å². The second kappa shape index (κ2) is 52.8. The van der Waals surface area contributed by atoms with Gasteiger partial charge < -0.3 is 0 Å². The number of hydrogen-bond donors (Lipinski definition) is 0. The average Bonchev–Trinajstić information content (AvgIpc) is 4.20. The molecule has 0 spiro atoms. The van der Waals surface area contributed by atoms with Gasteiger partial charge in [0.1, 0.15) is 0 Å². The van der Waals surface area contributed by atoms with Gasteiger partial charge in [-0.2, -0.15) is 0 Å². The summed E-state index contributed by atoms with van der Waals surface area (Å²) in [4.78, 5) is 0. The highest BCUT2D eigenvalue weighted by molar-refractivity contribution is 5.63. The zero-order valence-corrected chi connectivity index (χ0v) is 56.1. The van der Waals surface area contributed by atoms with E-state index in [1.54, 1.807) is 42.4 Å². The van der Waals surface area contributed by atoms with Crippen LogP contribution in [0.3, 0.4) is 0 Å². The van der Waals surface area contributed by atoms with Crippen LogP contribution in [0.15, 0.2) is 66.3 Å². The molecule has 0 aliphatic heterocycles. The zero-order valence-electron chi connectivity index (χ0n) is 56.1. The molecule has 9 rings (SSSR count). The Morgan fingerprint density at radius 3 is 1.05 bits per heavy atom. The van der Waals surface area contributed by atoms with E-state index in [9.17, 15) is 0 Å². The molecule has 5 fully saturated rings. The van der Waals surface area contributed by atoms with E-state index in [1.165, 1.54) is 177 Å². The lowest BCUT2D eigenvalue weighted by Gasteiger charge is -2.22. The van der Waals surface area contributed by atoms with Gasteiger partial charge in [-0.1, -0.05) is 344 Å². The molecule has 0 heteroatoms. The highest BCUT2D eigenvalue weighted by Gasteiger charge is 2.39. The number of rotatable bonds is 14. The summed E-state index contributed by atoms with van der Waals surface area (Å²) >= 11 is 0. The molecular weight excluding hydrogens is 1010 g/mol. The Morgan fingerprint density at radius 1 is 0.417 bits per heavy atom. The van der Waals surface area contributed by atoms with Crippen LogP contribution < -0.4 is 0 Å². The molecule has 2 aromatic carbocycles.